The molecule has 132 valence electrons. The minimum absolute atomic E-state index is 0.0489. The lowest BCUT2D eigenvalue weighted by Gasteiger charge is -2.36. The maximum absolute atomic E-state index is 12.3. The first-order valence-corrected chi connectivity index (χ1v) is 8.45. The van der Waals surface area contributed by atoms with E-state index in [0.29, 0.717) is 25.3 Å². The van der Waals surface area contributed by atoms with Crippen molar-refractivity contribution in [2.24, 2.45) is 0 Å². The van der Waals surface area contributed by atoms with E-state index in [9.17, 15) is 14.7 Å². The molecule has 0 unspecified atom stereocenters. The molecule has 2 N–H and O–H groups in total. The van der Waals surface area contributed by atoms with Crippen LogP contribution < -0.4 is 5.32 Å². The summed E-state index contributed by atoms with van der Waals surface area (Å²) in [6, 6.07) is 1.17. The molecule has 0 radical (unpaired) electrons. The van der Waals surface area contributed by atoms with Crippen LogP contribution >= 0.6 is 0 Å². The van der Waals surface area contributed by atoms with Gasteiger partial charge in [-0.25, -0.2) is 0 Å². The molecular formula is C16H24N4O4. The second-order valence-corrected chi connectivity index (χ2v) is 6.58. The van der Waals surface area contributed by atoms with E-state index in [2.05, 4.69) is 15.4 Å². The molecule has 24 heavy (non-hydrogen) atoms. The molecular weight excluding hydrogens is 312 g/mol. The second kappa shape index (κ2) is 7.31. The maximum atomic E-state index is 12.3. The van der Waals surface area contributed by atoms with Gasteiger partial charge in [-0.05, 0) is 39.3 Å². The van der Waals surface area contributed by atoms with Crippen LogP contribution in [0.25, 0.3) is 0 Å². The Labute approximate surface area is 140 Å². The number of amides is 2. The van der Waals surface area contributed by atoms with Gasteiger partial charge in [0.2, 0.25) is 5.91 Å². The van der Waals surface area contributed by atoms with Gasteiger partial charge in [0.05, 0.1) is 18.7 Å². The monoisotopic (exact) mass is 336 g/mol. The van der Waals surface area contributed by atoms with Crippen LogP contribution in [0, 0.1) is 6.92 Å². The molecule has 2 fully saturated rings. The Bertz CT molecular complexity index is 597. The third kappa shape index (κ3) is 3.93. The third-order valence-electron chi connectivity index (χ3n) is 4.67. The van der Waals surface area contributed by atoms with Gasteiger partial charge >= 0.3 is 0 Å². The lowest BCUT2D eigenvalue weighted by molar-refractivity contribution is -0.135. The van der Waals surface area contributed by atoms with Gasteiger partial charge in [-0.3, -0.25) is 14.5 Å². The van der Waals surface area contributed by atoms with E-state index in [1.54, 1.807) is 17.9 Å². The number of piperidine rings is 1. The number of carbonyl (C=O) groups is 2. The lowest BCUT2D eigenvalue weighted by atomic mass is 10.0. The molecule has 8 nitrogen and oxygen atoms in total. The highest BCUT2D eigenvalue weighted by Crippen LogP contribution is 2.14. The van der Waals surface area contributed by atoms with E-state index in [1.165, 1.54) is 0 Å². The van der Waals surface area contributed by atoms with Crippen molar-refractivity contribution in [3.63, 3.8) is 0 Å². The van der Waals surface area contributed by atoms with Crippen LogP contribution in [-0.4, -0.2) is 76.7 Å². The van der Waals surface area contributed by atoms with Crippen molar-refractivity contribution >= 4 is 11.8 Å². The van der Waals surface area contributed by atoms with Crippen molar-refractivity contribution in [1.82, 2.24) is 20.3 Å². The van der Waals surface area contributed by atoms with Crippen LogP contribution in [0.3, 0.4) is 0 Å². The quantitative estimate of drug-likeness (QED) is 0.788. The average molecular weight is 336 g/mol. The molecule has 2 saturated heterocycles. The first-order valence-electron chi connectivity index (χ1n) is 8.45. The first kappa shape index (κ1) is 16.9. The fourth-order valence-corrected chi connectivity index (χ4v) is 3.27. The molecule has 2 aliphatic heterocycles. The number of hydrogen-bond donors (Lipinski definition) is 2. The highest BCUT2D eigenvalue weighted by atomic mass is 16.5. The summed E-state index contributed by atoms with van der Waals surface area (Å²) in [5.74, 6) is 0.239. The molecule has 3 rings (SSSR count). The first-order chi connectivity index (χ1) is 11.5. The molecule has 1 aromatic rings. The number of aromatic nitrogens is 1. The summed E-state index contributed by atoms with van der Waals surface area (Å²) in [6.45, 7) is 4.85. The minimum atomic E-state index is -0.779. The van der Waals surface area contributed by atoms with E-state index in [0.717, 1.165) is 25.9 Å². The number of nitrogens with one attached hydrogen (secondary N) is 1. The number of rotatable bonds is 4. The Hall–Kier alpha value is -1.93. The Morgan fingerprint density at radius 1 is 1.38 bits per heavy atom. The second-order valence-electron chi connectivity index (χ2n) is 6.58. The van der Waals surface area contributed by atoms with E-state index in [1.807, 2.05) is 0 Å². The molecule has 3 heterocycles. The fraction of sp³-hybridized carbons (Fsp3) is 0.688. The Morgan fingerprint density at radius 3 is 2.75 bits per heavy atom. The number of carbonyl (C=O) groups excluding carboxylic acids is 2. The highest BCUT2D eigenvalue weighted by molar-refractivity contribution is 5.92. The predicted octanol–water partition coefficient (Wildman–Crippen LogP) is -0.230. The van der Waals surface area contributed by atoms with Crippen molar-refractivity contribution < 1.29 is 19.2 Å². The SMILES string of the molecule is Cc1cc(C(=O)N[C@@H]2CCN(C(=O)CN3CCCC3)C[C@H]2O)no1. The summed E-state index contributed by atoms with van der Waals surface area (Å²) in [5.41, 5.74) is 0.201. The van der Waals surface area contributed by atoms with Crippen LogP contribution in [-0.2, 0) is 4.79 Å². The molecule has 2 amide bonds. The van der Waals surface area contributed by atoms with E-state index in [-0.39, 0.29) is 30.1 Å². The average Bonchev–Trinajstić information content (AvgIpc) is 3.20. The summed E-state index contributed by atoms with van der Waals surface area (Å²) < 4.78 is 4.88. The van der Waals surface area contributed by atoms with Crippen molar-refractivity contribution in [1.29, 1.82) is 0 Å². The van der Waals surface area contributed by atoms with Crippen molar-refractivity contribution in [2.75, 3.05) is 32.7 Å². The number of aryl methyl sites for hydroxylation is 1. The zero-order valence-electron chi connectivity index (χ0n) is 13.9. The van der Waals surface area contributed by atoms with Gasteiger partial charge in [0.15, 0.2) is 5.69 Å². The Balaban J connectivity index is 1.49. The maximum Gasteiger partial charge on any atom is 0.273 e. The van der Waals surface area contributed by atoms with E-state index in [4.69, 9.17) is 4.52 Å². The van der Waals surface area contributed by atoms with Gasteiger partial charge in [-0.1, -0.05) is 5.16 Å². The highest BCUT2D eigenvalue weighted by Gasteiger charge is 2.32. The molecule has 0 aromatic carbocycles. The number of aliphatic hydroxyl groups excluding tert-OH is 1. The number of aliphatic hydroxyl groups is 1. The molecule has 0 saturated carbocycles. The van der Waals surface area contributed by atoms with Gasteiger partial charge in [0.25, 0.3) is 5.91 Å². The van der Waals surface area contributed by atoms with Gasteiger partial charge < -0.3 is 19.8 Å². The smallest absolute Gasteiger partial charge is 0.273 e. The van der Waals surface area contributed by atoms with Crippen molar-refractivity contribution in [2.45, 2.75) is 38.3 Å². The fourth-order valence-electron chi connectivity index (χ4n) is 3.27. The largest absolute Gasteiger partial charge is 0.389 e. The van der Waals surface area contributed by atoms with Crippen molar-refractivity contribution in [3.8, 4) is 0 Å². The molecule has 8 heteroatoms. The van der Waals surface area contributed by atoms with Gasteiger partial charge in [0, 0.05) is 19.2 Å². The Kier molecular flexibility index (Phi) is 5.15. The number of likely N-dealkylation sites (tertiary alicyclic amines) is 2. The molecule has 2 aliphatic rings. The number of hydrogen-bond acceptors (Lipinski definition) is 6. The third-order valence-corrected chi connectivity index (χ3v) is 4.67. The molecule has 0 aliphatic carbocycles. The predicted molar refractivity (Wildman–Crippen MR) is 85.4 cm³/mol. The molecule has 0 bridgehead atoms. The summed E-state index contributed by atoms with van der Waals surface area (Å²) in [4.78, 5) is 28.2. The number of β-amino-alcohol motifs (C(OH)–C–C–N with tert-alkyl or cyclic N) is 1. The lowest BCUT2D eigenvalue weighted by Crippen LogP contribution is -2.56. The normalized spacial score (nSPS) is 25.0. The Morgan fingerprint density at radius 2 is 2.12 bits per heavy atom. The topological polar surface area (TPSA) is 98.9 Å². The molecule has 1 aromatic heterocycles. The van der Waals surface area contributed by atoms with Gasteiger partial charge in [-0.2, -0.15) is 0 Å². The molecule has 0 spiro atoms. The zero-order chi connectivity index (χ0) is 17.1. The minimum Gasteiger partial charge on any atom is -0.389 e. The zero-order valence-corrected chi connectivity index (χ0v) is 13.9. The van der Waals surface area contributed by atoms with Crippen LogP contribution in [0.5, 0.6) is 0 Å². The summed E-state index contributed by atoms with van der Waals surface area (Å²) in [5, 5.41) is 16.7. The van der Waals surface area contributed by atoms with Crippen LogP contribution in [0.1, 0.15) is 35.5 Å². The van der Waals surface area contributed by atoms with E-state index >= 15 is 0 Å². The summed E-state index contributed by atoms with van der Waals surface area (Å²) in [7, 11) is 0. The van der Waals surface area contributed by atoms with Crippen LogP contribution in [0.15, 0.2) is 10.6 Å². The standard InChI is InChI=1S/C16H24N4O4/c1-11-8-13(18-24-11)16(23)17-12-4-7-20(9-14(12)21)15(22)10-19-5-2-3-6-19/h8,12,14,21H,2-7,9-10H2,1H3,(H,17,23)/t12-,14-/m1/s1. The van der Waals surface area contributed by atoms with Crippen LogP contribution in [0.2, 0.25) is 0 Å². The summed E-state index contributed by atoms with van der Waals surface area (Å²) >= 11 is 0. The van der Waals surface area contributed by atoms with Gasteiger partial charge in [-0.15, -0.1) is 0 Å². The van der Waals surface area contributed by atoms with Crippen LogP contribution in [0.4, 0.5) is 0 Å². The van der Waals surface area contributed by atoms with E-state index < -0.39 is 6.10 Å². The molecule has 2 atom stereocenters. The van der Waals surface area contributed by atoms with Gasteiger partial charge in [0.1, 0.15) is 5.76 Å². The van der Waals surface area contributed by atoms with Crippen molar-refractivity contribution in [3.05, 3.63) is 17.5 Å². The number of nitrogens with zero attached hydrogens (tertiary/aromatic N) is 3. The summed E-state index contributed by atoms with van der Waals surface area (Å²) in [6.07, 6.45) is 2.03.